The van der Waals surface area contributed by atoms with Gasteiger partial charge in [0.05, 0.1) is 0 Å². The fourth-order valence-corrected chi connectivity index (χ4v) is 1.50. The van der Waals surface area contributed by atoms with Crippen molar-refractivity contribution in [2.24, 2.45) is 0 Å². The van der Waals surface area contributed by atoms with Gasteiger partial charge in [-0.1, -0.05) is 11.6 Å². The Morgan fingerprint density at radius 3 is 3.00 bits per heavy atom. The van der Waals surface area contributed by atoms with Crippen LogP contribution >= 0.6 is 11.6 Å². The summed E-state index contributed by atoms with van der Waals surface area (Å²) in [5.74, 6) is 0.360. The molecule has 0 saturated heterocycles. The standard InChI is InChI=1S/C10H8ClN3O/c1-6(15)14-9-4-7-2-3-12-10(11)8(7)5-13-9/h2-5H,1H3,(H,13,14,15). The molecule has 1 N–H and O–H groups in total. The minimum Gasteiger partial charge on any atom is -0.311 e. The van der Waals surface area contributed by atoms with E-state index in [1.54, 1.807) is 18.5 Å². The van der Waals surface area contributed by atoms with Crippen LogP contribution < -0.4 is 5.32 Å². The summed E-state index contributed by atoms with van der Waals surface area (Å²) in [7, 11) is 0. The molecule has 2 aromatic heterocycles. The van der Waals surface area contributed by atoms with Gasteiger partial charge in [-0.05, 0) is 17.5 Å². The predicted octanol–water partition coefficient (Wildman–Crippen LogP) is 2.24. The second-order valence-electron chi connectivity index (χ2n) is 3.07. The number of hydrogen-bond acceptors (Lipinski definition) is 3. The maximum absolute atomic E-state index is 10.8. The lowest BCUT2D eigenvalue weighted by molar-refractivity contribution is -0.114. The third kappa shape index (κ3) is 2.05. The number of rotatable bonds is 1. The minimum atomic E-state index is -0.151. The number of carbonyl (C=O) groups is 1. The van der Waals surface area contributed by atoms with Crippen LogP contribution in [0.3, 0.4) is 0 Å². The van der Waals surface area contributed by atoms with E-state index in [1.807, 2.05) is 6.07 Å². The SMILES string of the molecule is CC(=O)Nc1cc2ccnc(Cl)c2cn1. The number of pyridine rings is 2. The zero-order chi connectivity index (χ0) is 10.8. The highest BCUT2D eigenvalue weighted by atomic mass is 35.5. The van der Waals surface area contributed by atoms with Crippen LogP contribution in [0.15, 0.2) is 24.5 Å². The summed E-state index contributed by atoms with van der Waals surface area (Å²) in [5, 5.41) is 4.68. The Kier molecular flexibility index (Phi) is 2.51. The first kappa shape index (κ1) is 9.86. The first-order valence-corrected chi connectivity index (χ1v) is 4.72. The van der Waals surface area contributed by atoms with E-state index in [2.05, 4.69) is 15.3 Å². The summed E-state index contributed by atoms with van der Waals surface area (Å²) in [5.41, 5.74) is 0. The molecule has 15 heavy (non-hydrogen) atoms. The summed E-state index contributed by atoms with van der Waals surface area (Å²) in [6, 6.07) is 3.57. The lowest BCUT2D eigenvalue weighted by Crippen LogP contribution is -2.07. The lowest BCUT2D eigenvalue weighted by Gasteiger charge is -2.03. The molecule has 0 aliphatic carbocycles. The van der Waals surface area contributed by atoms with Crippen LogP contribution in [0.25, 0.3) is 10.8 Å². The molecule has 0 bridgehead atoms. The molecule has 0 spiro atoms. The van der Waals surface area contributed by atoms with Crippen LogP contribution in [0.4, 0.5) is 5.82 Å². The van der Waals surface area contributed by atoms with Gasteiger partial charge in [-0.3, -0.25) is 4.79 Å². The van der Waals surface area contributed by atoms with Crippen LogP contribution in [-0.4, -0.2) is 15.9 Å². The van der Waals surface area contributed by atoms with E-state index >= 15 is 0 Å². The smallest absolute Gasteiger partial charge is 0.222 e. The number of nitrogens with one attached hydrogen (secondary N) is 1. The Morgan fingerprint density at radius 2 is 2.27 bits per heavy atom. The fraction of sp³-hybridized carbons (Fsp3) is 0.100. The average Bonchev–Trinajstić information content (AvgIpc) is 2.17. The molecule has 0 aliphatic rings. The van der Waals surface area contributed by atoms with Gasteiger partial charge >= 0.3 is 0 Å². The van der Waals surface area contributed by atoms with Crippen molar-refractivity contribution in [1.29, 1.82) is 0 Å². The van der Waals surface area contributed by atoms with Crippen molar-refractivity contribution in [2.45, 2.75) is 6.92 Å². The van der Waals surface area contributed by atoms with Crippen molar-refractivity contribution >= 4 is 34.1 Å². The molecular weight excluding hydrogens is 214 g/mol. The number of amides is 1. The van der Waals surface area contributed by atoms with Crippen LogP contribution in [0.1, 0.15) is 6.92 Å². The van der Waals surface area contributed by atoms with Crippen molar-refractivity contribution in [2.75, 3.05) is 5.32 Å². The van der Waals surface area contributed by atoms with Crippen molar-refractivity contribution in [3.63, 3.8) is 0 Å². The minimum absolute atomic E-state index is 0.151. The Balaban J connectivity index is 2.52. The van der Waals surface area contributed by atoms with Crippen molar-refractivity contribution < 1.29 is 4.79 Å². The van der Waals surface area contributed by atoms with Gasteiger partial charge in [-0.2, -0.15) is 0 Å². The van der Waals surface area contributed by atoms with Gasteiger partial charge in [0.2, 0.25) is 5.91 Å². The molecule has 0 aliphatic heterocycles. The number of nitrogens with zero attached hydrogens (tertiary/aromatic N) is 2. The van der Waals surface area contributed by atoms with Crippen molar-refractivity contribution in [1.82, 2.24) is 9.97 Å². The Labute approximate surface area is 91.3 Å². The molecule has 76 valence electrons. The summed E-state index contributed by atoms with van der Waals surface area (Å²) in [4.78, 5) is 18.8. The summed E-state index contributed by atoms with van der Waals surface area (Å²) in [6.45, 7) is 1.44. The fourth-order valence-electron chi connectivity index (χ4n) is 1.28. The number of anilines is 1. The highest BCUT2D eigenvalue weighted by molar-refractivity contribution is 6.34. The Bertz CT molecular complexity index is 527. The van der Waals surface area contributed by atoms with E-state index in [1.165, 1.54) is 6.92 Å². The maximum Gasteiger partial charge on any atom is 0.222 e. The largest absolute Gasteiger partial charge is 0.311 e. The van der Waals surface area contributed by atoms with Crippen molar-refractivity contribution in [3.8, 4) is 0 Å². The van der Waals surface area contributed by atoms with Gasteiger partial charge < -0.3 is 5.32 Å². The molecule has 2 heterocycles. The van der Waals surface area contributed by atoms with Crippen LogP contribution in [0, 0.1) is 0 Å². The molecule has 0 radical (unpaired) electrons. The van der Waals surface area contributed by atoms with Gasteiger partial charge in [0.15, 0.2) is 0 Å². The first-order chi connectivity index (χ1) is 7.16. The van der Waals surface area contributed by atoms with Gasteiger partial charge in [-0.15, -0.1) is 0 Å². The predicted molar refractivity (Wildman–Crippen MR) is 58.9 cm³/mol. The molecule has 4 nitrogen and oxygen atoms in total. The van der Waals surface area contributed by atoms with Gasteiger partial charge in [0, 0.05) is 24.7 Å². The van der Waals surface area contributed by atoms with Crippen LogP contribution in [0.2, 0.25) is 5.15 Å². The third-order valence-electron chi connectivity index (χ3n) is 1.90. The van der Waals surface area contributed by atoms with E-state index in [-0.39, 0.29) is 5.91 Å². The van der Waals surface area contributed by atoms with Gasteiger partial charge in [-0.25, -0.2) is 9.97 Å². The normalized spacial score (nSPS) is 10.3. The molecule has 5 heteroatoms. The lowest BCUT2D eigenvalue weighted by atomic mass is 10.2. The van der Waals surface area contributed by atoms with E-state index in [0.717, 1.165) is 10.8 Å². The Hall–Kier alpha value is -1.68. The summed E-state index contributed by atoms with van der Waals surface area (Å²) in [6.07, 6.45) is 3.21. The van der Waals surface area contributed by atoms with Gasteiger partial charge in [0.1, 0.15) is 11.0 Å². The monoisotopic (exact) mass is 221 g/mol. The highest BCUT2D eigenvalue weighted by Crippen LogP contribution is 2.21. The zero-order valence-corrected chi connectivity index (χ0v) is 8.75. The molecular formula is C10H8ClN3O. The second kappa shape index (κ2) is 3.82. The zero-order valence-electron chi connectivity index (χ0n) is 7.99. The Morgan fingerprint density at radius 1 is 1.47 bits per heavy atom. The molecule has 0 aromatic carbocycles. The van der Waals surface area contributed by atoms with Crippen molar-refractivity contribution in [3.05, 3.63) is 29.7 Å². The molecule has 0 fully saturated rings. The molecule has 0 unspecified atom stereocenters. The number of carbonyl (C=O) groups excluding carboxylic acids is 1. The second-order valence-corrected chi connectivity index (χ2v) is 3.43. The van der Waals surface area contributed by atoms with Gasteiger partial charge in [0.25, 0.3) is 0 Å². The van der Waals surface area contributed by atoms with Crippen LogP contribution in [-0.2, 0) is 4.79 Å². The topological polar surface area (TPSA) is 54.9 Å². The molecule has 0 atom stereocenters. The summed E-state index contributed by atoms with van der Waals surface area (Å²) >= 11 is 5.88. The maximum atomic E-state index is 10.8. The van der Waals surface area contributed by atoms with E-state index in [4.69, 9.17) is 11.6 Å². The molecule has 1 amide bonds. The molecule has 2 aromatic rings. The van der Waals surface area contributed by atoms with E-state index < -0.39 is 0 Å². The quantitative estimate of drug-likeness (QED) is 0.752. The third-order valence-corrected chi connectivity index (χ3v) is 2.21. The van der Waals surface area contributed by atoms with E-state index in [9.17, 15) is 4.79 Å². The molecule has 0 saturated carbocycles. The van der Waals surface area contributed by atoms with Crippen LogP contribution in [0.5, 0.6) is 0 Å². The number of hydrogen-bond donors (Lipinski definition) is 1. The average molecular weight is 222 g/mol. The summed E-state index contributed by atoms with van der Waals surface area (Å²) < 4.78 is 0. The first-order valence-electron chi connectivity index (χ1n) is 4.34. The number of halogens is 1. The number of fused-ring (bicyclic) bond motifs is 1. The van der Waals surface area contributed by atoms with E-state index in [0.29, 0.717) is 11.0 Å². The number of aromatic nitrogens is 2. The highest BCUT2D eigenvalue weighted by Gasteiger charge is 2.02. The molecule has 2 rings (SSSR count).